The molecule has 4 nitrogen and oxygen atoms in total. The normalized spacial score (nSPS) is 18.7. The Hall–Kier alpha value is -1.13. The second-order valence-corrected chi connectivity index (χ2v) is 5.43. The van der Waals surface area contributed by atoms with Gasteiger partial charge < -0.3 is 15.8 Å². The minimum absolute atomic E-state index is 0.396. The van der Waals surface area contributed by atoms with Gasteiger partial charge in [0.2, 0.25) is 0 Å². The van der Waals surface area contributed by atoms with Crippen LogP contribution in [0, 0.1) is 5.41 Å². The van der Waals surface area contributed by atoms with E-state index in [4.69, 9.17) is 10.5 Å². The maximum absolute atomic E-state index is 5.61. The lowest BCUT2D eigenvalue weighted by atomic mass is 9.82. The summed E-state index contributed by atoms with van der Waals surface area (Å²) in [6, 6.07) is 3.90. The number of rotatable bonds is 5. The molecule has 0 bridgehead atoms. The van der Waals surface area contributed by atoms with Gasteiger partial charge in [0.05, 0.1) is 11.9 Å². The summed E-state index contributed by atoms with van der Waals surface area (Å²) in [5, 5.41) is 3.53. The van der Waals surface area contributed by atoms with Crippen molar-refractivity contribution in [3.8, 4) is 0 Å². The van der Waals surface area contributed by atoms with Crippen LogP contribution in [0.3, 0.4) is 0 Å². The minimum atomic E-state index is 0.396. The lowest BCUT2D eigenvalue weighted by Crippen LogP contribution is -2.37. The zero-order valence-corrected chi connectivity index (χ0v) is 11.1. The highest BCUT2D eigenvalue weighted by molar-refractivity contribution is 5.34. The molecule has 2 rings (SSSR count). The van der Waals surface area contributed by atoms with E-state index in [0.29, 0.717) is 5.41 Å². The number of hydrogen-bond acceptors (Lipinski definition) is 4. The van der Waals surface area contributed by atoms with Crippen LogP contribution in [-0.4, -0.2) is 31.3 Å². The zero-order valence-electron chi connectivity index (χ0n) is 11.1. The van der Waals surface area contributed by atoms with E-state index in [1.165, 1.54) is 0 Å². The third-order valence-corrected chi connectivity index (χ3v) is 3.66. The molecule has 0 radical (unpaired) electrons. The Kier molecular flexibility index (Phi) is 4.55. The molecule has 1 aliphatic rings. The Balaban J connectivity index is 1.67. The molecule has 1 aromatic heterocycles. The highest BCUT2D eigenvalue weighted by Crippen LogP contribution is 2.28. The topological polar surface area (TPSA) is 60.2 Å². The van der Waals surface area contributed by atoms with E-state index >= 15 is 0 Å². The van der Waals surface area contributed by atoms with Gasteiger partial charge in [-0.3, -0.25) is 4.98 Å². The van der Waals surface area contributed by atoms with Crippen molar-refractivity contribution < 1.29 is 4.74 Å². The average molecular weight is 249 g/mol. The number of nitrogens with one attached hydrogen (secondary N) is 1. The van der Waals surface area contributed by atoms with Crippen LogP contribution in [0.2, 0.25) is 0 Å². The summed E-state index contributed by atoms with van der Waals surface area (Å²) in [6.45, 7) is 6.16. The minimum Gasteiger partial charge on any atom is -0.397 e. The van der Waals surface area contributed by atoms with Gasteiger partial charge in [-0.05, 0) is 30.4 Å². The summed E-state index contributed by atoms with van der Waals surface area (Å²) in [5.41, 5.74) is 7.82. The van der Waals surface area contributed by atoms with Gasteiger partial charge in [0.25, 0.3) is 0 Å². The molecule has 18 heavy (non-hydrogen) atoms. The first kappa shape index (κ1) is 13.3. The van der Waals surface area contributed by atoms with Crippen LogP contribution in [0.5, 0.6) is 0 Å². The Morgan fingerprint density at radius 3 is 2.83 bits per heavy atom. The van der Waals surface area contributed by atoms with E-state index in [-0.39, 0.29) is 0 Å². The van der Waals surface area contributed by atoms with E-state index in [0.717, 1.165) is 56.9 Å². The second kappa shape index (κ2) is 6.16. The number of nitrogens with zero attached hydrogens (tertiary/aromatic N) is 1. The molecule has 0 aliphatic carbocycles. The van der Waals surface area contributed by atoms with E-state index < -0.39 is 0 Å². The number of nitrogens with two attached hydrogens (primary N) is 1. The van der Waals surface area contributed by atoms with E-state index in [1.54, 1.807) is 6.20 Å². The molecule has 1 saturated heterocycles. The molecular formula is C14H23N3O. The van der Waals surface area contributed by atoms with Gasteiger partial charge in [0, 0.05) is 38.4 Å². The van der Waals surface area contributed by atoms with Crippen molar-refractivity contribution in [1.29, 1.82) is 0 Å². The number of aromatic nitrogens is 1. The van der Waals surface area contributed by atoms with Crippen molar-refractivity contribution >= 4 is 5.69 Å². The fourth-order valence-corrected chi connectivity index (χ4v) is 2.23. The lowest BCUT2D eigenvalue weighted by molar-refractivity contribution is 0.0242. The predicted molar refractivity (Wildman–Crippen MR) is 73.4 cm³/mol. The van der Waals surface area contributed by atoms with Crippen LogP contribution in [-0.2, 0) is 11.2 Å². The maximum Gasteiger partial charge on any atom is 0.0501 e. The monoisotopic (exact) mass is 249 g/mol. The molecule has 4 heteroatoms. The summed E-state index contributed by atoms with van der Waals surface area (Å²) < 4.78 is 5.40. The van der Waals surface area contributed by atoms with Crippen molar-refractivity contribution in [1.82, 2.24) is 10.3 Å². The van der Waals surface area contributed by atoms with Gasteiger partial charge >= 0.3 is 0 Å². The first-order valence-corrected chi connectivity index (χ1v) is 6.67. The molecular weight excluding hydrogens is 226 g/mol. The number of nitrogen functional groups attached to an aromatic ring is 1. The predicted octanol–water partition coefficient (Wildman–Crippen LogP) is 1.61. The first-order valence-electron chi connectivity index (χ1n) is 6.67. The third-order valence-electron chi connectivity index (χ3n) is 3.66. The molecule has 3 N–H and O–H groups in total. The van der Waals surface area contributed by atoms with Gasteiger partial charge in [-0.2, -0.15) is 0 Å². The van der Waals surface area contributed by atoms with Crippen LogP contribution in [0.15, 0.2) is 18.3 Å². The van der Waals surface area contributed by atoms with Crippen molar-refractivity contribution in [3.05, 3.63) is 24.0 Å². The van der Waals surface area contributed by atoms with Gasteiger partial charge in [-0.25, -0.2) is 0 Å². The van der Waals surface area contributed by atoms with Crippen LogP contribution in [0.25, 0.3) is 0 Å². The molecule has 1 aliphatic heterocycles. The van der Waals surface area contributed by atoms with Gasteiger partial charge in [-0.15, -0.1) is 0 Å². The Bertz CT molecular complexity index is 358. The molecule has 0 saturated carbocycles. The molecule has 0 atom stereocenters. The van der Waals surface area contributed by atoms with Crippen LogP contribution < -0.4 is 11.1 Å². The standard InChI is InChI=1S/C14H23N3O/c1-14(5-8-18-9-6-14)11-16-7-4-13-3-2-12(15)10-17-13/h2-3,10,16H,4-9,11,15H2,1H3. The van der Waals surface area contributed by atoms with Gasteiger partial charge in [0.1, 0.15) is 0 Å². The molecule has 2 heterocycles. The number of hydrogen-bond donors (Lipinski definition) is 2. The Morgan fingerprint density at radius 1 is 1.39 bits per heavy atom. The van der Waals surface area contributed by atoms with Crippen molar-refractivity contribution in [2.24, 2.45) is 5.41 Å². The number of ether oxygens (including phenoxy) is 1. The van der Waals surface area contributed by atoms with Crippen molar-refractivity contribution in [2.75, 3.05) is 32.0 Å². The van der Waals surface area contributed by atoms with Crippen molar-refractivity contribution in [3.63, 3.8) is 0 Å². The van der Waals surface area contributed by atoms with Crippen molar-refractivity contribution in [2.45, 2.75) is 26.2 Å². The largest absolute Gasteiger partial charge is 0.397 e. The molecule has 0 unspecified atom stereocenters. The van der Waals surface area contributed by atoms with Crippen LogP contribution in [0.1, 0.15) is 25.5 Å². The fourth-order valence-electron chi connectivity index (χ4n) is 2.23. The number of anilines is 1. The SMILES string of the molecule is CC1(CNCCc2ccc(N)cn2)CCOCC1. The smallest absolute Gasteiger partial charge is 0.0501 e. The first-order chi connectivity index (χ1) is 8.68. The quantitative estimate of drug-likeness (QED) is 0.778. The molecule has 0 spiro atoms. The van der Waals surface area contributed by atoms with Gasteiger partial charge in [-0.1, -0.05) is 6.92 Å². The summed E-state index contributed by atoms with van der Waals surface area (Å²) in [4.78, 5) is 4.29. The summed E-state index contributed by atoms with van der Waals surface area (Å²) >= 11 is 0. The summed E-state index contributed by atoms with van der Waals surface area (Å²) in [5.74, 6) is 0. The molecule has 0 aromatic carbocycles. The van der Waals surface area contributed by atoms with E-state index in [2.05, 4.69) is 17.2 Å². The van der Waals surface area contributed by atoms with Gasteiger partial charge in [0.15, 0.2) is 0 Å². The molecule has 1 fully saturated rings. The van der Waals surface area contributed by atoms with Crippen LogP contribution in [0.4, 0.5) is 5.69 Å². The summed E-state index contributed by atoms with van der Waals surface area (Å²) in [7, 11) is 0. The maximum atomic E-state index is 5.61. The fraction of sp³-hybridized carbons (Fsp3) is 0.643. The Morgan fingerprint density at radius 2 is 2.17 bits per heavy atom. The third kappa shape index (κ3) is 3.96. The highest BCUT2D eigenvalue weighted by Gasteiger charge is 2.26. The Labute approximate surface area is 109 Å². The van der Waals surface area contributed by atoms with E-state index in [1.807, 2.05) is 12.1 Å². The highest BCUT2D eigenvalue weighted by atomic mass is 16.5. The molecule has 1 aromatic rings. The molecule has 0 amide bonds. The average Bonchev–Trinajstić information content (AvgIpc) is 2.38. The van der Waals surface area contributed by atoms with Crippen LogP contribution >= 0.6 is 0 Å². The lowest BCUT2D eigenvalue weighted by Gasteiger charge is -2.33. The van der Waals surface area contributed by atoms with E-state index in [9.17, 15) is 0 Å². The summed E-state index contributed by atoms with van der Waals surface area (Å²) in [6.07, 6.45) is 4.97. The number of pyridine rings is 1. The second-order valence-electron chi connectivity index (χ2n) is 5.43. The zero-order chi connectivity index (χ0) is 12.8. The molecule has 100 valence electrons.